The molecule has 2 rings (SSSR count). The fourth-order valence-electron chi connectivity index (χ4n) is 2.18. The van der Waals surface area contributed by atoms with E-state index in [2.05, 4.69) is 16.0 Å². The van der Waals surface area contributed by atoms with Crippen LogP contribution < -0.4 is 4.90 Å². The molecule has 0 aromatic carbocycles. The van der Waals surface area contributed by atoms with Gasteiger partial charge in [-0.3, -0.25) is 4.79 Å². The number of carbonyl (C=O) groups is 1. The minimum atomic E-state index is -0.978. The molecule has 1 atom stereocenters. The second-order valence-corrected chi connectivity index (χ2v) is 5.47. The van der Waals surface area contributed by atoms with Crippen molar-refractivity contribution in [3.8, 4) is 6.07 Å². The van der Waals surface area contributed by atoms with Crippen LogP contribution in [0.1, 0.15) is 12.5 Å². The Morgan fingerprint density at radius 2 is 2.14 bits per heavy atom. The second kappa shape index (κ2) is 6.74. The molecule has 21 heavy (non-hydrogen) atoms. The van der Waals surface area contributed by atoms with E-state index in [4.69, 9.17) is 5.26 Å². The lowest BCUT2D eigenvalue weighted by atomic mass is 10.2. The topological polar surface area (TPSA) is 93.4 Å². The molecule has 0 aliphatic carbocycles. The number of amides is 1. The number of hydrogen-bond donors (Lipinski definition) is 1. The van der Waals surface area contributed by atoms with Crippen LogP contribution in [0.2, 0.25) is 0 Å². The van der Waals surface area contributed by atoms with Crippen LogP contribution in [0.3, 0.4) is 0 Å². The molecule has 0 unspecified atom stereocenters. The zero-order valence-corrected chi connectivity index (χ0v) is 12.8. The van der Waals surface area contributed by atoms with Crippen LogP contribution in [-0.4, -0.2) is 64.4 Å². The first-order chi connectivity index (χ1) is 10.1. The smallest absolute Gasteiger partial charge is 0.251 e. The average Bonchev–Trinajstić information content (AvgIpc) is 2.53. The Hall–Kier alpha value is -1.85. The van der Waals surface area contributed by atoms with Crippen LogP contribution in [0.5, 0.6) is 0 Å². The van der Waals surface area contributed by atoms with Gasteiger partial charge in [0.1, 0.15) is 17.7 Å². The van der Waals surface area contributed by atoms with Gasteiger partial charge in [0.25, 0.3) is 5.91 Å². The molecule has 0 saturated carbocycles. The van der Waals surface area contributed by atoms with Crippen molar-refractivity contribution in [2.75, 3.05) is 37.3 Å². The Bertz CT molecular complexity index is 564. The summed E-state index contributed by atoms with van der Waals surface area (Å²) in [7, 11) is 0. The highest BCUT2D eigenvalue weighted by atomic mass is 32.2. The molecular formula is C13H17N5O2S. The molecule has 1 aliphatic heterocycles. The lowest BCUT2D eigenvalue weighted by molar-refractivity contribution is -0.139. The van der Waals surface area contributed by atoms with E-state index in [0.29, 0.717) is 42.7 Å². The number of aliphatic hydroxyl groups is 1. The molecule has 1 aliphatic rings. The monoisotopic (exact) mass is 307 g/mol. The molecular weight excluding hydrogens is 290 g/mol. The first-order valence-electron chi connectivity index (χ1n) is 6.59. The quantitative estimate of drug-likeness (QED) is 0.625. The maximum absolute atomic E-state index is 11.7. The second-order valence-electron chi connectivity index (χ2n) is 4.69. The number of thioether (sulfide) groups is 1. The van der Waals surface area contributed by atoms with Crippen molar-refractivity contribution in [2.45, 2.75) is 18.2 Å². The maximum Gasteiger partial charge on any atom is 0.251 e. The highest BCUT2D eigenvalue weighted by molar-refractivity contribution is 7.98. The Morgan fingerprint density at radius 3 is 2.67 bits per heavy atom. The van der Waals surface area contributed by atoms with Crippen LogP contribution in [0.4, 0.5) is 5.82 Å². The lowest BCUT2D eigenvalue weighted by Crippen LogP contribution is -2.51. The van der Waals surface area contributed by atoms with Gasteiger partial charge in [0.05, 0.1) is 6.20 Å². The van der Waals surface area contributed by atoms with Crippen molar-refractivity contribution in [2.24, 2.45) is 0 Å². The van der Waals surface area contributed by atoms with Gasteiger partial charge in [-0.25, -0.2) is 9.97 Å². The van der Waals surface area contributed by atoms with Gasteiger partial charge in [0.2, 0.25) is 0 Å². The average molecular weight is 307 g/mol. The van der Waals surface area contributed by atoms with Crippen LogP contribution in [0, 0.1) is 11.3 Å². The minimum Gasteiger partial charge on any atom is -0.384 e. The number of aromatic nitrogens is 2. The van der Waals surface area contributed by atoms with Gasteiger partial charge in [-0.15, -0.1) is 0 Å². The summed E-state index contributed by atoms with van der Waals surface area (Å²) in [4.78, 5) is 23.8. The van der Waals surface area contributed by atoms with Crippen LogP contribution in [0.25, 0.3) is 0 Å². The highest BCUT2D eigenvalue weighted by Crippen LogP contribution is 2.21. The van der Waals surface area contributed by atoms with Gasteiger partial charge in [-0.2, -0.15) is 5.26 Å². The molecule has 1 aromatic rings. The van der Waals surface area contributed by atoms with Gasteiger partial charge in [-0.05, 0) is 13.2 Å². The number of carbonyl (C=O) groups excluding carboxylic acids is 1. The third kappa shape index (κ3) is 3.43. The first kappa shape index (κ1) is 15.5. The summed E-state index contributed by atoms with van der Waals surface area (Å²) in [6.07, 6.45) is 2.43. The molecule has 1 amide bonds. The number of anilines is 1. The van der Waals surface area contributed by atoms with Crippen molar-refractivity contribution in [3.05, 3.63) is 11.8 Å². The number of nitrogens with zero attached hydrogens (tertiary/aromatic N) is 5. The van der Waals surface area contributed by atoms with E-state index < -0.39 is 6.10 Å². The number of nitriles is 1. The van der Waals surface area contributed by atoms with E-state index in [0.717, 1.165) is 0 Å². The molecule has 112 valence electrons. The molecule has 1 fully saturated rings. The van der Waals surface area contributed by atoms with Crippen LogP contribution in [0.15, 0.2) is 11.4 Å². The van der Waals surface area contributed by atoms with Gasteiger partial charge in [0.15, 0.2) is 11.0 Å². The number of hydrogen-bond acceptors (Lipinski definition) is 7. The lowest BCUT2D eigenvalue weighted by Gasteiger charge is -2.36. The fourth-order valence-corrected chi connectivity index (χ4v) is 2.51. The Labute approximate surface area is 127 Å². The zero-order chi connectivity index (χ0) is 15.4. The third-order valence-electron chi connectivity index (χ3n) is 3.30. The third-order valence-corrected chi connectivity index (χ3v) is 3.86. The van der Waals surface area contributed by atoms with E-state index in [1.54, 1.807) is 4.90 Å². The first-order valence-corrected chi connectivity index (χ1v) is 7.82. The van der Waals surface area contributed by atoms with Gasteiger partial charge < -0.3 is 14.9 Å². The van der Waals surface area contributed by atoms with Crippen LogP contribution in [-0.2, 0) is 4.79 Å². The standard InChI is InChI=1S/C13H17N5O2S/c1-9(19)12(20)18-5-3-17(4-6-18)11-10(7-14)8-15-13(16-11)21-2/h8-9,19H,3-6H2,1-2H3/t9-/m1/s1. The number of aliphatic hydroxyl groups excluding tert-OH is 1. The highest BCUT2D eigenvalue weighted by Gasteiger charge is 2.25. The van der Waals surface area contributed by atoms with Gasteiger partial charge in [0, 0.05) is 26.2 Å². The molecule has 0 spiro atoms. The van der Waals surface area contributed by atoms with Crippen molar-refractivity contribution < 1.29 is 9.90 Å². The zero-order valence-electron chi connectivity index (χ0n) is 12.0. The molecule has 7 nitrogen and oxygen atoms in total. The summed E-state index contributed by atoms with van der Waals surface area (Å²) in [6, 6.07) is 2.10. The van der Waals surface area contributed by atoms with E-state index in [-0.39, 0.29) is 5.91 Å². The summed E-state index contributed by atoms with van der Waals surface area (Å²) in [5.41, 5.74) is 0.433. The molecule has 1 aromatic heterocycles. The summed E-state index contributed by atoms with van der Waals surface area (Å²) in [6.45, 7) is 3.65. The Kier molecular flexibility index (Phi) is 4.98. The SMILES string of the molecule is CSc1ncc(C#N)c(N2CCN(C(=O)[C@@H](C)O)CC2)n1. The fraction of sp³-hybridized carbons (Fsp3) is 0.538. The van der Waals surface area contributed by atoms with Crippen molar-refractivity contribution in [1.82, 2.24) is 14.9 Å². The minimum absolute atomic E-state index is 0.261. The summed E-state index contributed by atoms with van der Waals surface area (Å²) >= 11 is 1.42. The molecule has 8 heteroatoms. The van der Waals surface area contributed by atoms with Gasteiger partial charge >= 0.3 is 0 Å². The number of rotatable bonds is 3. The summed E-state index contributed by atoms with van der Waals surface area (Å²) in [5.74, 6) is 0.351. The van der Waals surface area contributed by atoms with E-state index in [9.17, 15) is 9.90 Å². The largest absolute Gasteiger partial charge is 0.384 e. The molecule has 1 saturated heterocycles. The predicted octanol–water partition coefficient (Wildman–Crippen LogP) is 0.0996. The van der Waals surface area contributed by atoms with Crippen molar-refractivity contribution in [3.63, 3.8) is 0 Å². The normalized spacial score (nSPS) is 16.5. The van der Waals surface area contributed by atoms with E-state index in [1.165, 1.54) is 24.9 Å². The maximum atomic E-state index is 11.7. The van der Waals surface area contributed by atoms with E-state index >= 15 is 0 Å². The molecule has 1 N–H and O–H groups in total. The van der Waals surface area contributed by atoms with Crippen molar-refractivity contribution >= 4 is 23.5 Å². The summed E-state index contributed by atoms with van der Waals surface area (Å²) in [5, 5.41) is 19.1. The molecule has 0 bridgehead atoms. The Balaban J connectivity index is 2.12. The molecule has 0 radical (unpaired) electrons. The Morgan fingerprint density at radius 1 is 1.48 bits per heavy atom. The molecule has 2 heterocycles. The van der Waals surface area contributed by atoms with Crippen molar-refractivity contribution in [1.29, 1.82) is 5.26 Å². The number of piperazine rings is 1. The van der Waals surface area contributed by atoms with Crippen LogP contribution >= 0.6 is 11.8 Å². The predicted molar refractivity (Wildman–Crippen MR) is 79.0 cm³/mol. The van der Waals surface area contributed by atoms with E-state index in [1.807, 2.05) is 11.2 Å². The summed E-state index contributed by atoms with van der Waals surface area (Å²) < 4.78 is 0. The van der Waals surface area contributed by atoms with Gasteiger partial charge in [-0.1, -0.05) is 11.8 Å².